The van der Waals surface area contributed by atoms with Crippen molar-refractivity contribution in [2.45, 2.75) is 12.5 Å². The fourth-order valence-corrected chi connectivity index (χ4v) is 1.76. The predicted octanol–water partition coefficient (Wildman–Crippen LogP) is -0.829. The molecular weight excluding hydrogens is 180 g/mol. The van der Waals surface area contributed by atoms with E-state index in [2.05, 4.69) is 4.72 Å². The fraction of sp³-hybridized carbons (Fsp3) is 1.00. The molecule has 0 saturated carbocycles. The lowest BCUT2D eigenvalue weighted by Crippen LogP contribution is -2.42. The van der Waals surface area contributed by atoms with Gasteiger partial charge in [0.05, 0.1) is 6.61 Å². The number of rotatable bonds is 3. The monoisotopic (exact) mass is 194 g/mol. The fourth-order valence-electron chi connectivity index (χ4n) is 0.943. The van der Waals surface area contributed by atoms with Crippen molar-refractivity contribution in [2.24, 2.45) is 0 Å². The molecule has 1 heterocycles. The van der Waals surface area contributed by atoms with E-state index in [9.17, 15) is 8.42 Å². The number of hydrogen-bond acceptors (Lipinski definition) is 3. The number of ether oxygens (including phenoxy) is 1. The summed E-state index contributed by atoms with van der Waals surface area (Å²) in [5, 5.41) is 0. The van der Waals surface area contributed by atoms with Gasteiger partial charge in [-0.05, 0) is 6.42 Å². The van der Waals surface area contributed by atoms with Crippen LogP contribution in [0.1, 0.15) is 6.42 Å². The van der Waals surface area contributed by atoms with E-state index >= 15 is 0 Å². The first-order chi connectivity index (χ1) is 5.52. The molecule has 1 N–H and O–H groups in total. The van der Waals surface area contributed by atoms with Crippen molar-refractivity contribution in [1.82, 2.24) is 9.03 Å². The summed E-state index contributed by atoms with van der Waals surface area (Å²) in [5.74, 6) is 0. The van der Waals surface area contributed by atoms with Crippen molar-refractivity contribution in [1.29, 1.82) is 0 Å². The Hall–Kier alpha value is -0.170. The predicted molar refractivity (Wildman–Crippen MR) is 45.0 cm³/mol. The largest absolute Gasteiger partial charge is 0.380 e. The van der Waals surface area contributed by atoms with Gasteiger partial charge in [0.25, 0.3) is 10.2 Å². The van der Waals surface area contributed by atoms with Crippen LogP contribution in [0.2, 0.25) is 0 Å². The summed E-state index contributed by atoms with van der Waals surface area (Å²) in [6.45, 7) is 1.12. The topological polar surface area (TPSA) is 58.6 Å². The minimum atomic E-state index is -3.28. The second-order valence-corrected chi connectivity index (χ2v) is 4.88. The van der Waals surface area contributed by atoms with Crippen LogP contribution in [0.15, 0.2) is 0 Å². The van der Waals surface area contributed by atoms with E-state index in [4.69, 9.17) is 4.74 Å². The van der Waals surface area contributed by atoms with Gasteiger partial charge < -0.3 is 4.74 Å². The molecule has 0 spiro atoms. The van der Waals surface area contributed by atoms with Crippen molar-refractivity contribution in [3.05, 3.63) is 0 Å². The first-order valence-corrected chi connectivity index (χ1v) is 5.24. The van der Waals surface area contributed by atoms with Crippen molar-refractivity contribution < 1.29 is 13.2 Å². The molecule has 0 aromatic heterocycles. The smallest absolute Gasteiger partial charge is 0.279 e. The van der Waals surface area contributed by atoms with Gasteiger partial charge in [-0.3, -0.25) is 0 Å². The molecule has 0 bridgehead atoms. The Kier molecular flexibility index (Phi) is 3.05. The SMILES string of the molecule is CN(C)S(=O)(=O)NC1CCOC1. The molecule has 1 fully saturated rings. The third-order valence-corrected chi connectivity index (χ3v) is 3.32. The number of nitrogens with one attached hydrogen (secondary N) is 1. The normalized spacial score (nSPS) is 25.1. The van der Waals surface area contributed by atoms with E-state index in [-0.39, 0.29) is 6.04 Å². The molecule has 0 aromatic carbocycles. The maximum Gasteiger partial charge on any atom is 0.279 e. The van der Waals surface area contributed by atoms with E-state index in [1.165, 1.54) is 14.1 Å². The van der Waals surface area contributed by atoms with Gasteiger partial charge in [0.15, 0.2) is 0 Å². The zero-order valence-corrected chi connectivity index (χ0v) is 8.10. The lowest BCUT2D eigenvalue weighted by Gasteiger charge is -2.15. The van der Waals surface area contributed by atoms with Gasteiger partial charge in [0.2, 0.25) is 0 Å². The van der Waals surface area contributed by atoms with E-state index in [0.717, 1.165) is 10.7 Å². The summed E-state index contributed by atoms with van der Waals surface area (Å²) in [5.41, 5.74) is 0. The minimum absolute atomic E-state index is 0.0580. The van der Waals surface area contributed by atoms with E-state index in [0.29, 0.717) is 13.2 Å². The van der Waals surface area contributed by atoms with Crippen LogP contribution < -0.4 is 4.72 Å². The summed E-state index contributed by atoms with van der Waals surface area (Å²) >= 11 is 0. The molecule has 1 unspecified atom stereocenters. The molecule has 1 aliphatic heterocycles. The van der Waals surface area contributed by atoms with Crippen molar-refractivity contribution in [3.63, 3.8) is 0 Å². The second kappa shape index (κ2) is 3.69. The van der Waals surface area contributed by atoms with Gasteiger partial charge in [0, 0.05) is 26.7 Å². The molecule has 72 valence electrons. The molecule has 6 heteroatoms. The molecule has 5 nitrogen and oxygen atoms in total. The van der Waals surface area contributed by atoms with Crippen LogP contribution in [-0.2, 0) is 14.9 Å². The van der Waals surface area contributed by atoms with Gasteiger partial charge in [-0.15, -0.1) is 0 Å². The molecule has 1 saturated heterocycles. The third-order valence-electron chi connectivity index (χ3n) is 1.73. The van der Waals surface area contributed by atoms with Crippen molar-refractivity contribution in [2.75, 3.05) is 27.3 Å². The highest BCUT2D eigenvalue weighted by atomic mass is 32.2. The van der Waals surface area contributed by atoms with Gasteiger partial charge in [-0.2, -0.15) is 17.4 Å². The van der Waals surface area contributed by atoms with Crippen LogP contribution in [0.3, 0.4) is 0 Å². The quantitative estimate of drug-likeness (QED) is 0.638. The number of nitrogens with zero attached hydrogens (tertiary/aromatic N) is 1. The maximum absolute atomic E-state index is 11.2. The molecule has 0 aromatic rings. The Morgan fingerprint density at radius 2 is 2.17 bits per heavy atom. The van der Waals surface area contributed by atoms with Gasteiger partial charge >= 0.3 is 0 Å². The Balaban J connectivity index is 2.49. The average Bonchev–Trinajstić information content (AvgIpc) is 2.38. The van der Waals surface area contributed by atoms with Gasteiger partial charge in [-0.25, -0.2) is 0 Å². The second-order valence-electron chi connectivity index (χ2n) is 2.97. The van der Waals surface area contributed by atoms with E-state index < -0.39 is 10.2 Å². The van der Waals surface area contributed by atoms with Gasteiger partial charge in [-0.1, -0.05) is 0 Å². The van der Waals surface area contributed by atoms with Crippen LogP contribution in [0.5, 0.6) is 0 Å². The van der Waals surface area contributed by atoms with Crippen molar-refractivity contribution in [3.8, 4) is 0 Å². The Bertz CT molecular complexity index is 231. The van der Waals surface area contributed by atoms with Crippen LogP contribution >= 0.6 is 0 Å². The minimum Gasteiger partial charge on any atom is -0.380 e. The first-order valence-electron chi connectivity index (χ1n) is 3.80. The summed E-state index contributed by atoms with van der Waals surface area (Å²) in [6.07, 6.45) is 0.757. The Morgan fingerprint density at radius 3 is 2.58 bits per heavy atom. The zero-order chi connectivity index (χ0) is 9.19. The highest BCUT2D eigenvalue weighted by Gasteiger charge is 2.22. The van der Waals surface area contributed by atoms with Crippen LogP contribution in [-0.4, -0.2) is 46.1 Å². The summed E-state index contributed by atoms with van der Waals surface area (Å²) in [7, 11) is -0.282. The molecule has 1 aliphatic rings. The lowest BCUT2D eigenvalue weighted by atomic mass is 10.3. The zero-order valence-electron chi connectivity index (χ0n) is 7.28. The molecule has 1 rings (SSSR count). The van der Waals surface area contributed by atoms with Gasteiger partial charge in [0.1, 0.15) is 0 Å². The summed E-state index contributed by atoms with van der Waals surface area (Å²) < 4.78 is 31.2. The molecule has 0 aliphatic carbocycles. The average molecular weight is 194 g/mol. The highest BCUT2D eigenvalue weighted by molar-refractivity contribution is 7.87. The summed E-state index contributed by atoms with van der Waals surface area (Å²) in [6, 6.07) is -0.0580. The first kappa shape index (κ1) is 9.91. The third kappa shape index (κ3) is 2.41. The highest BCUT2D eigenvalue weighted by Crippen LogP contribution is 2.05. The number of hydrogen-bond donors (Lipinski definition) is 1. The molecular formula is C6H14N2O3S. The lowest BCUT2D eigenvalue weighted by molar-refractivity contribution is 0.192. The molecule has 0 radical (unpaired) electrons. The van der Waals surface area contributed by atoms with Crippen LogP contribution in [0.25, 0.3) is 0 Å². The van der Waals surface area contributed by atoms with Crippen LogP contribution in [0.4, 0.5) is 0 Å². The Labute approximate surface area is 72.9 Å². The Morgan fingerprint density at radius 1 is 1.50 bits per heavy atom. The maximum atomic E-state index is 11.2. The molecule has 1 atom stereocenters. The van der Waals surface area contributed by atoms with Crippen molar-refractivity contribution >= 4 is 10.2 Å². The van der Waals surface area contributed by atoms with E-state index in [1.54, 1.807) is 0 Å². The molecule has 0 amide bonds. The van der Waals surface area contributed by atoms with Crippen LogP contribution in [0, 0.1) is 0 Å². The standard InChI is InChI=1S/C6H14N2O3S/c1-8(2)12(9,10)7-6-3-4-11-5-6/h6-7H,3-5H2,1-2H3. The van der Waals surface area contributed by atoms with E-state index in [1.807, 2.05) is 0 Å². The molecule has 12 heavy (non-hydrogen) atoms. The summed E-state index contributed by atoms with van der Waals surface area (Å²) in [4.78, 5) is 0.